The third kappa shape index (κ3) is 12.4. The summed E-state index contributed by atoms with van der Waals surface area (Å²) in [5.41, 5.74) is 0.635. The molecule has 2 amide bonds. The molecule has 0 radical (unpaired) electrons. The highest BCUT2D eigenvalue weighted by Crippen LogP contribution is 2.49. The Morgan fingerprint density at radius 2 is 1.48 bits per heavy atom. The minimum atomic E-state index is -2.02. The average molecular weight is 723 g/mol. The van der Waals surface area contributed by atoms with Crippen LogP contribution >= 0.6 is 0 Å². The summed E-state index contributed by atoms with van der Waals surface area (Å²) >= 11 is 0. The smallest absolute Gasteiger partial charge is 0.414 e. The molecule has 0 aromatic rings. The van der Waals surface area contributed by atoms with Gasteiger partial charge >= 0.3 is 12.2 Å². The minimum Gasteiger partial charge on any atom is -0.450 e. The lowest BCUT2D eigenvalue weighted by molar-refractivity contribution is -0.0342. The zero-order chi connectivity index (χ0) is 36.7. The molecule has 0 aromatic heterocycles. The molecule has 0 unspecified atom stereocenters. The number of carbonyl (C=O) groups excluding carboxylic acids is 2. The Hall–Kier alpha value is -1.37. The lowest BCUT2D eigenvalue weighted by atomic mass is 9.62. The summed E-state index contributed by atoms with van der Waals surface area (Å²) in [6.45, 7) is 36.7. The summed E-state index contributed by atoms with van der Waals surface area (Å²) < 4.78 is 18.8. The summed E-state index contributed by atoms with van der Waals surface area (Å²) in [6.07, 6.45) is 11.0. The molecule has 0 saturated carbocycles. The van der Waals surface area contributed by atoms with Crippen LogP contribution in [0.4, 0.5) is 9.59 Å². The number of amides is 2. The number of allylic oxidation sites excluding steroid dienone is 3. The van der Waals surface area contributed by atoms with Crippen LogP contribution in [0.1, 0.15) is 81.6 Å². The standard InChI is InChI=1S/C38H74N2O5Si3/c1-30(2)48(31(3)4,32(5)6)44-23-18-21-38-28-39(36(42)45-37(7,8)9)22-20-34(38)33(19-16-17-25-46(10,11)12)27-40(29-38)35(41)43-24-26-47(13,14)15/h16-17,20,22,30-34H,18-19,21,23-29H2,1-15H3/b17-16+/t33-,34-,38+/m1/s1. The average Bonchev–Trinajstić information content (AvgIpc) is 2.91. The second-order valence-corrected chi connectivity index (χ2v) is 35.8. The Morgan fingerprint density at radius 1 is 0.875 bits per heavy atom. The van der Waals surface area contributed by atoms with E-state index in [9.17, 15) is 9.59 Å². The van der Waals surface area contributed by atoms with Gasteiger partial charge in [0.15, 0.2) is 8.32 Å². The lowest BCUT2D eigenvalue weighted by Crippen LogP contribution is -2.60. The Kier molecular flexibility index (Phi) is 15.4. The molecule has 0 spiro atoms. The van der Waals surface area contributed by atoms with Crippen molar-refractivity contribution in [3.8, 4) is 0 Å². The van der Waals surface area contributed by atoms with Crippen molar-refractivity contribution in [2.45, 2.75) is 155 Å². The maximum Gasteiger partial charge on any atom is 0.414 e. The van der Waals surface area contributed by atoms with Crippen molar-refractivity contribution in [1.29, 1.82) is 0 Å². The van der Waals surface area contributed by atoms with Crippen LogP contribution in [-0.4, -0.2) is 84.9 Å². The third-order valence-electron chi connectivity index (χ3n) is 10.3. The largest absolute Gasteiger partial charge is 0.450 e. The van der Waals surface area contributed by atoms with Crippen LogP contribution in [0.5, 0.6) is 0 Å². The molecule has 0 aromatic carbocycles. The topological polar surface area (TPSA) is 68.3 Å². The van der Waals surface area contributed by atoms with Crippen LogP contribution in [-0.2, 0) is 13.9 Å². The Balaban J connectivity index is 2.48. The van der Waals surface area contributed by atoms with Gasteiger partial charge in [0.1, 0.15) is 5.60 Å². The van der Waals surface area contributed by atoms with Gasteiger partial charge in [-0.1, -0.05) is 99.1 Å². The van der Waals surface area contributed by atoms with Crippen molar-refractivity contribution < 1.29 is 23.5 Å². The van der Waals surface area contributed by atoms with Gasteiger partial charge in [0.25, 0.3) is 0 Å². The summed E-state index contributed by atoms with van der Waals surface area (Å²) in [5.74, 6) is 0.454. The first kappa shape index (κ1) is 42.8. The van der Waals surface area contributed by atoms with Gasteiger partial charge in [-0.15, -0.1) is 0 Å². The van der Waals surface area contributed by atoms with E-state index in [1.165, 1.54) is 0 Å². The van der Waals surface area contributed by atoms with Gasteiger partial charge in [0.05, 0.1) is 6.61 Å². The highest BCUT2D eigenvalue weighted by atomic mass is 28.4. The van der Waals surface area contributed by atoms with Gasteiger partial charge in [0, 0.05) is 54.0 Å². The highest BCUT2D eigenvalue weighted by molar-refractivity contribution is 6.77. The third-order valence-corrected chi connectivity index (χ3v) is 19.6. The van der Waals surface area contributed by atoms with Gasteiger partial charge in [0.2, 0.25) is 0 Å². The number of carbonyl (C=O) groups is 2. The summed E-state index contributed by atoms with van der Waals surface area (Å²) in [4.78, 5) is 30.9. The Bertz CT molecular complexity index is 1080. The van der Waals surface area contributed by atoms with Crippen molar-refractivity contribution in [3.63, 3.8) is 0 Å². The van der Waals surface area contributed by atoms with Crippen LogP contribution in [0.15, 0.2) is 24.4 Å². The summed E-state index contributed by atoms with van der Waals surface area (Å²) in [7, 11) is -4.58. The van der Waals surface area contributed by atoms with E-state index in [4.69, 9.17) is 13.9 Å². The number of fused-ring (bicyclic) bond motifs is 1. The van der Waals surface area contributed by atoms with Crippen molar-refractivity contribution in [2.75, 3.05) is 32.8 Å². The number of hydrogen-bond donors (Lipinski definition) is 0. The zero-order valence-corrected chi connectivity index (χ0v) is 36.7. The Labute approximate surface area is 298 Å². The van der Waals surface area contributed by atoms with Gasteiger partial charge < -0.3 is 18.8 Å². The number of likely N-dealkylation sites (tertiary alicyclic amines) is 1. The van der Waals surface area contributed by atoms with E-state index in [-0.39, 0.29) is 29.4 Å². The van der Waals surface area contributed by atoms with Crippen LogP contribution < -0.4 is 0 Å². The zero-order valence-electron chi connectivity index (χ0n) is 33.7. The molecule has 2 rings (SSSR count). The molecular weight excluding hydrogens is 649 g/mol. The van der Waals surface area contributed by atoms with Gasteiger partial charge in [-0.05, 0) is 80.6 Å². The molecule has 2 heterocycles. The number of piperidine rings is 1. The first-order chi connectivity index (χ1) is 21.9. The molecule has 0 aliphatic carbocycles. The monoisotopic (exact) mass is 722 g/mol. The minimum absolute atomic E-state index is 0.220. The maximum atomic E-state index is 13.8. The van der Waals surface area contributed by atoms with Gasteiger partial charge in [-0.3, -0.25) is 4.90 Å². The molecule has 1 saturated heterocycles. The Morgan fingerprint density at radius 3 is 2.00 bits per heavy atom. The van der Waals surface area contributed by atoms with Crippen molar-refractivity contribution in [2.24, 2.45) is 17.3 Å². The molecule has 0 N–H and O–H groups in total. The quantitative estimate of drug-likeness (QED) is 0.0956. The molecular formula is C38H74N2O5Si3. The summed E-state index contributed by atoms with van der Waals surface area (Å²) in [6, 6.07) is 2.09. The van der Waals surface area contributed by atoms with Crippen LogP contribution in [0.3, 0.4) is 0 Å². The molecule has 1 fully saturated rings. The number of rotatable bonds is 15. The van der Waals surface area contributed by atoms with E-state index in [0.29, 0.717) is 49.5 Å². The van der Waals surface area contributed by atoms with E-state index >= 15 is 0 Å². The predicted molar refractivity (Wildman–Crippen MR) is 211 cm³/mol. The highest BCUT2D eigenvalue weighted by Gasteiger charge is 2.51. The van der Waals surface area contributed by atoms with Gasteiger partial charge in [-0.25, -0.2) is 9.59 Å². The molecule has 278 valence electrons. The second-order valence-electron chi connectivity index (χ2n) is 19.1. The molecule has 10 heteroatoms. The second kappa shape index (κ2) is 17.2. The normalized spacial score (nSPS) is 22.6. The fourth-order valence-electron chi connectivity index (χ4n) is 8.10. The number of ether oxygens (including phenoxy) is 2. The summed E-state index contributed by atoms with van der Waals surface area (Å²) in [5, 5.41) is 0. The first-order valence-electron chi connectivity index (χ1n) is 18.8. The molecule has 3 atom stereocenters. The molecule has 48 heavy (non-hydrogen) atoms. The molecule has 7 nitrogen and oxygen atoms in total. The number of hydrogen-bond acceptors (Lipinski definition) is 5. The fourth-order valence-corrected chi connectivity index (χ4v) is 15.2. The van der Waals surface area contributed by atoms with E-state index < -0.39 is 30.1 Å². The first-order valence-corrected chi connectivity index (χ1v) is 28.4. The van der Waals surface area contributed by atoms with E-state index in [1.807, 2.05) is 31.9 Å². The van der Waals surface area contributed by atoms with Gasteiger partial charge in [-0.2, -0.15) is 0 Å². The van der Waals surface area contributed by atoms with E-state index in [1.54, 1.807) is 4.90 Å². The predicted octanol–water partition coefficient (Wildman–Crippen LogP) is 11.0. The van der Waals surface area contributed by atoms with Crippen molar-refractivity contribution >= 4 is 36.7 Å². The van der Waals surface area contributed by atoms with Crippen molar-refractivity contribution in [1.82, 2.24) is 9.80 Å². The van der Waals surface area contributed by atoms with E-state index in [0.717, 1.165) is 31.4 Å². The maximum absolute atomic E-state index is 13.8. The van der Waals surface area contributed by atoms with Crippen LogP contribution in [0, 0.1) is 17.3 Å². The SMILES string of the molecule is CC(C)[Si](OCCC[C@@]12CN(C(=O)OC(C)(C)C)C=C[C@@H]1[C@H](C/C=C/C[Si](C)(C)C)CN(C(=O)OCC[Si](C)(C)C)C2)(C(C)C)C(C)C. The van der Waals surface area contributed by atoms with Crippen LogP contribution in [0.25, 0.3) is 0 Å². The molecule has 2 aliphatic rings. The lowest BCUT2D eigenvalue weighted by Gasteiger charge is -2.54. The van der Waals surface area contributed by atoms with E-state index in [2.05, 4.69) is 99.1 Å². The van der Waals surface area contributed by atoms with Crippen LogP contribution in [0.2, 0.25) is 68.0 Å². The molecule has 2 aliphatic heterocycles. The molecule has 0 bridgehead atoms. The number of nitrogens with zero attached hydrogens (tertiary/aromatic N) is 2. The van der Waals surface area contributed by atoms with Crippen molar-refractivity contribution in [3.05, 3.63) is 24.4 Å². The fraction of sp³-hybridized carbons (Fsp3) is 0.842.